The molecule has 24 heavy (non-hydrogen) atoms. The molecular weight excluding hydrogens is 304 g/mol. The normalized spacial score (nSPS) is 12.2. The van der Waals surface area contributed by atoms with Gasteiger partial charge < -0.3 is 15.4 Å². The number of likely N-dealkylation sites (N-methyl/N-ethyl adjacent to an activating group) is 1. The number of nitrogens with zero attached hydrogens (tertiary/aromatic N) is 5. The Bertz CT molecular complexity index is 659. The van der Waals surface area contributed by atoms with Gasteiger partial charge in [-0.1, -0.05) is 17.7 Å². The molecule has 0 unspecified atom stereocenters. The van der Waals surface area contributed by atoms with Crippen molar-refractivity contribution in [3.05, 3.63) is 35.7 Å². The van der Waals surface area contributed by atoms with E-state index in [1.807, 2.05) is 57.2 Å². The lowest BCUT2D eigenvalue weighted by Crippen LogP contribution is -2.29. The average molecular weight is 330 g/mol. The number of benzene rings is 1. The smallest absolute Gasteiger partial charge is 0.229 e. The molecule has 7 nitrogen and oxygen atoms in total. The van der Waals surface area contributed by atoms with E-state index >= 15 is 0 Å². The summed E-state index contributed by atoms with van der Waals surface area (Å²) in [5, 5.41) is 0. The fourth-order valence-corrected chi connectivity index (χ4v) is 2.12. The fourth-order valence-electron chi connectivity index (χ4n) is 2.12. The van der Waals surface area contributed by atoms with Gasteiger partial charge in [-0.2, -0.15) is 15.0 Å². The van der Waals surface area contributed by atoms with Gasteiger partial charge in [0.1, 0.15) is 12.4 Å². The first kappa shape index (κ1) is 17.9. The number of rotatable bonds is 7. The third kappa shape index (κ3) is 4.79. The Hall–Kier alpha value is -2.41. The molecule has 0 spiro atoms. The molecule has 0 amide bonds. The molecule has 1 atom stereocenters. The summed E-state index contributed by atoms with van der Waals surface area (Å²) >= 11 is 0. The number of aryl methyl sites for hydroxylation is 1. The van der Waals surface area contributed by atoms with Gasteiger partial charge in [-0.05, 0) is 33.0 Å². The van der Waals surface area contributed by atoms with Gasteiger partial charge in [0.05, 0.1) is 6.04 Å². The van der Waals surface area contributed by atoms with Gasteiger partial charge >= 0.3 is 0 Å². The first-order chi connectivity index (χ1) is 11.4. The van der Waals surface area contributed by atoms with Crippen LogP contribution in [0.1, 0.15) is 24.4 Å². The monoisotopic (exact) mass is 330 g/mol. The van der Waals surface area contributed by atoms with Crippen LogP contribution in [-0.4, -0.2) is 54.1 Å². The maximum Gasteiger partial charge on any atom is 0.229 e. The molecule has 130 valence electrons. The van der Waals surface area contributed by atoms with E-state index < -0.39 is 0 Å². The second kappa shape index (κ2) is 7.92. The molecule has 1 aromatic carbocycles. The maximum atomic E-state index is 5.79. The van der Waals surface area contributed by atoms with Crippen molar-refractivity contribution >= 4 is 11.9 Å². The lowest BCUT2D eigenvalue weighted by Gasteiger charge is -2.24. The Balaban J connectivity index is 1.94. The van der Waals surface area contributed by atoms with Crippen molar-refractivity contribution in [1.29, 1.82) is 0 Å². The summed E-state index contributed by atoms with van der Waals surface area (Å²) < 4.78 is 5.78. The predicted octanol–water partition coefficient (Wildman–Crippen LogP) is 1.90. The van der Waals surface area contributed by atoms with Gasteiger partial charge in [-0.25, -0.2) is 0 Å². The van der Waals surface area contributed by atoms with Gasteiger partial charge in [0, 0.05) is 20.6 Å². The van der Waals surface area contributed by atoms with E-state index in [-0.39, 0.29) is 12.0 Å². The minimum atomic E-state index is 0.00983. The molecular formula is C17H26N6O. The topological polar surface area (TPSA) is 80.4 Å². The molecule has 0 aliphatic carbocycles. The molecule has 0 saturated heterocycles. The highest BCUT2D eigenvalue weighted by atomic mass is 16.5. The molecule has 1 aromatic heterocycles. The standard InChI is InChI=1S/C17H26N6O/c1-12-6-8-14(9-7-12)24-11-10-23(5)13(2)15-19-16(18)21-17(20-15)22(3)4/h6-9,13H,10-11H2,1-5H3,(H2,18,19,20,21)/t13-/m0/s1. The quantitative estimate of drug-likeness (QED) is 0.830. The molecule has 2 N–H and O–H groups in total. The van der Waals surface area contributed by atoms with Gasteiger partial charge in [0.2, 0.25) is 11.9 Å². The number of aromatic nitrogens is 3. The molecule has 7 heteroatoms. The van der Waals surface area contributed by atoms with Crippen LogP contribution < -0.4 is 15.4 Å². The van der Waals surface area contributed by atoms with Crippen molar-refractivity contribution in [3.8, 4) is 5.75 Å². The third-order valence-electron chi connectivity index (χ3n) is 3.83. The Kier molecular flexibility index (Phi) is 5.92. The van der Waals surface area contributed by atoms with Crippen molar-refractivity contribution < 1.29 is 4.74 Å². The Morgan fingerprint density at radius 1 is 1.08 bits per heavy atom. The molecule has 0 bridgehead atoms. The van der Waals surface area contributed by atoms with E-state index in [4.69, 9.17) is 10.5 Å². The summed E-state index contributed by atoms with van der Waals surface area (Å²) in [5.74, 6) is 2.33. The Morgan fingerprint density at radius 2 is 1.75 bits per heavy atom. The molecule has 2 aromatic rings. The molecule has 0 radical (unpaired) electrons. The van der Waals surface area contributed by atoms with Crippen molar-refractivity contribution in [2.45, 2.75) is 19.9 Å². The molecule has 0 saturated carbocycles. The number of nitrogen functional groups attached to an aromatic ring is 1. The summed E-state index contributed by atoms with van der Waals surface area (Å²) in [6.07, 6.45) is 0. The minimum absolute atomic E-state index is 0.00983. The first-order valence-corrected chi connectivity index (χ1v) is 7.95. The lowest BCUT2D eigenvalue weighted by atomic mass is 10.2. The highest BCUT2D eigenvalue weighted by Crippen LogP contribution is 2.18. The molecule has 0 aliphatic heterocycles. The molecule has 0 aliphatic rings. The lowest BCUT2D eigenvalue weighted by molar-refractivity contribution is 0.196. The predicted molar refractivity (Wildman–Crippen MR) is 96.3 cm³/mol. The van der Waals surface area contributed by atoms with E-state index in [2.05, 4.69) is 26.8 Å². The summed E-state index contributed by atoms with van der Waals surface area (Å²) in [4.78, 5) is 16.8. The van der Waals surface area contributed by atoms with Crippen LogP contribution in [0.2, 0.25) is 0 Å². The van der Waals surface area contributed by atoms with Crippen LogP contribution in [0.5, 0.6) is 5.75 Å². The van der Waals surface area contributed by atoms with E-state index in [0.29, 0.717) is 18.4 Å². The molecule has 1 heterocycles. The van der Waals surface area contributed by atoms with Gasteiger partial charge in [-0.3, -0.25) is 4.90 Å². The maximum absolute atomic E-state index is 5.79. The number of anilines is 2. The van der Waals surface area contributed by atoms with Crippen molar-refractivity contribution in [3.63, 3.8) is 0 Å². The second-order valence-corrected chi connectivity index (χ2v) is 6.06. The van der Waals surface area contributed by atoms with Crippen LogP contribution in [0.3, 0.4) is 0 Å². The number of nitrogens with two attached hydrogens (primary N) is 1. The van der Waals surface area contributed by atoms with Crippen LogP contribution in [0.25, 0.3) is 0 Å². The summed E-state index contributed by atoms with van der Waals surface area (Å²) in [6.45, 7) is 5.44. The zero-order chi connectivity index (χ0) is 17.7. The minimum Gasteiger partial charge on any atom is -0.492 e. The highest BCUT2D eigenvalue weighted by molar-refractivity contribution is 5.33. The van der Waals surface area contributed by atoms with E-state index in [1.54, 1.807) is 0 Å². The van der Waals surface area contributed by atoms with Gasteiger partial charge in [0.25, 0.3) is 0 Å². The van der Waals surface area contributed by atoms with Crippen LogP contribution >= 0.6 is 0 Å². The zero-order valence-electron chi connectivity index (χ0n) is 15.0. The number of ether oxygens (including phenoxy) is 1. The highest BCUT2D eigenvalue weighted by Gasteiger charge is 2.17. The third-order valence-corrected chi connectivity index (χ3v) is 3.83. The summed E-state index contributed by atoms with van der Waals surface area (Å²) in [5.41, 5.74) is 7.01. The van der Waals surface area contributed by atoms with E-state index in [1.165, 1.54) is 5.56 Å². The average Bonchev–Trinajstić information content (AvgIpc) is 2.55. The second-order valence-electron chi connectivity index (χ2n) is 6.06. The van der Waals surface area contributed by atoms with Crippen molar-refractivity contribution in [1.82, 2.24) is 19.9 Å². The number of hydrogen-bond donors (Lipinski definition) is 1. The SMILES string of the molecule is Cc1ccc(OCCN(C)[C@@H](C)c2nc(N)nc(N(C)C)n2)cc1. The van der Waals surface area contributed by atoms with Gasteiger partial charge in [-0.15, -0.1) is 0 Å². The molecule has 0 fully saturated rings. The summed E-state index contributed by atoms with van der Waals surface area (Å²) in [6, 6.07) is 8.05. The van der Waals surface area contributed by atoms with E-state index in [0.717, 1.165) is 12.3 Å². The van der Waals surface area contributed by atoms with Gasteiger partial charge in [0.15, 0.2) is 5.82 Å². The molecule has 2 rings (SSSR count). The van der Waals surface area contributed by atoms with Crippen molar-refractivity contribution in [2.75, 3.05) is 44.9 Å². The fraction of sp³-hybridized carbons (Fsp3) is 0.471. The Labute approximate surface area is 143 Å². The van der Waals surface area contributed by atoms with E-state index in [9.17, 15) is 0 Å². The number of hydrogen-bond acceptors (Lipinski definition) is 7. The Morgan fingerprint density at radius 3 is 2.38 bits per heavy atom. The van der Waals surface area contributed by atoms with Crippen LogP contribution in [0.4, 0.5) is 11.9 Å². The summed E-state index contributed by atoms with van der Waals surface area (Å²) in [7, 11) is 5.77. The largest absolute Gasteiger partial charge is 0.492 e. The van der Waals surface area contributed by atoms with Crippen LogP contribution in [0.15, 0.2) is 24.3 Å². The first-order valence-electron chi connectivity index (χ1n) is 7.95. The van der Waals surface area contributed by atoms with Crippen LogP contribution in [-0.2, 0) is 0 Å². The zero-order valence-corrected chi connectivity index (χ0v) is 15.0. The van der Waals surface area contributed by atoms with Crippen LogP contribution in [0, 0.1) is 6.92 Å². The van der Waals surface area contributed by atoms with Crippen molar-refractivity contribution in [2.24, 2.45) is 0 Å².